The fraction of sp³-hybridized carbons (Fsp3) is 0.895. The van der Waals surface area contributed by atoms with E-state index in [1.165, 1.54) is 20.0 Å². The van der Waals surface area contributed by atoms with Crippen LogP contribution in [-0.2, 0) is 4.74 Å². The quantitative estimate of drug-likeness (QED) is 0.814. The molecule has 0 radical (unpaired) electrons. The molecule has 2 atom stereocenters. The van der Waals surface area contributed by atoms with Crippen molar-refractivity contribution >= 4 is 12.1 Å². The Labute approximate surface area is 156 Å². The Hall–Kier alpha value is -1.50. The maximum absolute atomic E-state index is 12.5. The number of likely N-dealkylation sites (tertiary alicyclic amines) is 2. The zero-order valence-electron chi connectivity index (χ0n) is 15.9. The van der Waals surface area contributed by atoms with Gasteiger partial charge in [0.1, 0.15) is 0 Å². The molecule has 3 heterocycles. The van der Waals surface area contributed by atoms with E-state index in [0.717, 1.165) is 64.7 Å². The van der Waals surface area contributed by atoms with Gasteiger partial charge in [0.05, 0.1) is 19.2 Å². The van der Waals surface area contributed by atoms with Crippen molar-refractivity contribution in [2.45, 2.75) is 75.5 Å². The molecular formula is C19H32N4O3. The van der Waals surface area contributed by atoms with E-state index in [9.17, 15) is 9.59 Å². The van der Waals surface area contributed by atoms with E-state index in [1.54, 1.807) is 4.90 Å². The first-order valence-corrected chi connectivity index (χ1v) is 10.3. The van der Waals surface area contributed by atoms with Gasteiger partial charge >= 0.3 is 12.1 Å². The van der Waals surface area contributed by atoms with Crippen LogP contribution < -0.4 is 5.32 Å². The molecule has 1 aliphatic carbocycles. The number of fused-ring (bicyclic) bond motifs is 1. The van der Waals surface area contributed by atoms with Crippen LogP contribution in [-0.4, -0.2) is 84.3 Å². The largest absolute Gasteiger partial charge is 0.453 e. The van der Waals surface area contributed by atoms with Crippen molar-refractivity contribution in [2.24, 2.45) is 0 Å². The lowest BCUT2D eigenvalue weighted by atomic mass is 9.89. The fourth-order valence-corrected chi connectivity index (χ4v) is 5.50. The van der Waals surface area contributed by atoms with Crippen LogP contribution in [0, 0.1) is 0 Å². The van der Waals surface area contributed by atoms with Crippen LogP contribution in [0.15, 0.2) is 0 Å². The molecule has 0 aromatic carbocycles. The average molecular weight is 364 g/mol. The number of amides is 3. The zero-order valence-corrected chi connectivity index (χ0v) is 15.9. The minimum absolute atomic E-state index is 0.173. The smallest absolute Gasteiger partial charge is 0.409 e. The summed E-state index contributed by atoms with van der Waals surface area (Å²) in [4.78, 5) is 30.7. The van der Waals surface area contributed by atoms with Crippen LogP contribution >= 0.6 is 0 Å². The van der Waals surface area contributed by atoms with E-state index in [-0.39, 0.29) is 12.1 Å². The number of carbonyl (C=O) groups excluding carboxylic acids is 2. The Morgan fingerprint density at radius 1 is 0.962 bits per heavy atom. The molecule has 3 saturated heterocycles. The van der Waals surface area contributed by atoms with E-state index < -0.39 is 0 Å². The van der Waals surface area contributed by atoms with Gasteiger partial charge in [-0.15, -0.1) is 0 Å². The summed E-state index contributed by atoms with van der Waals surface area (Å²) in [7, 11) is 1.45. The molecule has 146 valence electrons. The van der Waals surface area contributed by atoms with Crippen molar-refractivity contribution in [1.29, 1.82) is 0 Å². The molecule has 1 N–H and O–H groups in total. The fourth-order valence-electron chi connectivity index (χ4n) is 5.50. The number of piperidine rings is 2. The van der Waals surface area contributed by atoms with Gasteiger partial charge in [0.25, 0.3) is 0 Å². The third-order valence-corrected chi connectivity index (χ3v) is 6.94. The highest BCUT2D eigenvalue weighted by Gasteiger charge is 2.44. The van der Waals surface area contributed by atoms with Crippen LogP contribution in [0.1, 0.15) is 51.4 Å². The van der Waals surface area contributed by atoms with Crippen molar-refractivity contribution < 1.29 is 14.3 Å². The Kier molecular flexibility index (Phi) is 5.25. The summed E-state index contributed by atoms with van der Waals surface area (Å²) in [6.07, 6.45) is 8.80. The summed E-state index contributed by atoms with van der Waals surface area (Å²) >= 11 is 0. The number of rotatable bonds is 2. The Morgan fingerprint density at radius 3 is 2.31 bits per heavy atom. The van der Waals surface area contributed by atoms with Gasteiger partial charge in [0.15, 0.2) is 0 Å². The molecule has 3 aliphatic heterocycles. The Bertz CT molecular complexity index is 527. The third-order valence-electron chi connectivity index (χ3n) is 6.94. The average Bonchev–Trinajstić information content (AvgIpc) is 3.03. The zero-order chi connectivity index (χ0) is 18.1. The van der Waals surface area contributed by atoms with Gasteiger partial charge < -0.3 is 24.8 Å². The minimum atomic E-state index is -0.204. The molecule has 0 aromatic rings. The number of methoxy groups -OCH3 is 1. The minimum Gasteiger partial charge on any atom is -0.453 e. The third kappa shape index (κ3) is 3.38. The van der Waals surface area contributed by atoms with Gasteiger partial charge in [-0.05, 0) is 38.5 Å². The molecule has 7 heteroatoms. The molecule has 4 rings (SSSR count). The van der Waals surface area contributed by atoms with Gasteiger partial charge in [-0.2, -0.15) is 0 Å². The molecule has 4 aliphatic rings. The summed E-state index contributed by atoms with van der Waals surface area (Å²) in [5.41, 5.74) is 0. The summed E-state index contributed by atoms with van der Waals surface area (Å²) in [6, 6.07) is 1.95. The highest BCUT2D eigenvalue weighted by Crippen LogP contribution is 2.33. The summed E-state index contributed by atoms with van der Waals surface area (Å²) in [5, 5.41) is 3.22. The molecule has 0 unspecified atom stereocenters. The van der Waals surface area contributed by atoms with Crippen LogP contribution in [0.4, 0.5) is 9.59 Å². The van der Waals surface area contributed by atoms with E-state index in [2.05, 4.69) is 15.1 Å². The molecule has 7 nitrogen and oxygen atoms in total. The number of hydrogen-bond donors (Lipinski definition) is 1. The van der Waals surface area contributed by atoms with E-state index in [0.29, 0.717) is 24.2 Å². The lowest BCUT2D eigenvalue weighted by molar-refractivity contribution is 0.0521. The number of nitrogens with zero attached hydrogens (tertiary/aromatic N) is 3. The highest BCUT2D eigenvalue weighted by atomic mass is 16.5. The van der Waals surface area contributed by atoms with Crippen molar-refractivity contribution in [1.82, 2.24) is 20.0 Å². The lowest BCUT2D eigenvalue weighted by Crippen LogP contribution is -2.53. The predicted octanol–water partition coefficient (Wildman–Crippen LogP) is 2.02. The number of urea groups is 1. The van der Waals surface area contributed by atoms with Crippen molar-refractivity contribution in [3.05, 3.63) is 0 Å². The second-order valence-electron chi connectivity index (χ2n) is 8.27. The van der Waals surface area contributed by atoms with Gasteiger partial charge in [0, 0.05) is 38.3 Å². The topological polar surface area (TPSA) is 65.1 Å². The van der Waals surface area contributed by atoms with Crippen LogP contribution in [0.3, 0.4) is 0 Å². The maximum Gasteiger partial charge on any atom is 0.409 e. The second kappa shape index (κ2) is 7.62. The molecule has 0 bridgehead atoms. The summed E-state index contributed by atoms with van der Waals surface area (Å²) < 4.78 is 4.82. The number of nitrogens with one attached hydrogen (secondary N) is 1. The number of hydrogen-bond acceptors (Lipinski definition) is 4. The first-order chi connectivity index (χ1) is 12.7. The summed E-state index contributed by atoms with van der Waals surface area (Å²) in [5.74, 6) is 0. The maximum atomic E-state index is 12.5. The van der Waals surface area contributed by atoms with Crippen molar-refractivity contribution in [3.63, 3.8) is 0 Å². The van der Waals surface area contributed by atoms with E-state index in [4.69, 9.17) is 4.74 Å². The highest BCUT2D eigenvalue weighted by molar-refractivity contribution is 5.78. The molecule has 1 saturated carbocycles. The van der Waals surface area contributed by atoms with Crippen molar-refractivity contribution in [3.8, 4) is 0 Å². The van der Waals surface area contributed by atoms with Gasteiger partial charge in [-0.1, -0.05) is 12.8 Å². The van der Waals surface area contributed by atoms with E-state index >= 15 is 0 Å². The molecule has 0 aromatic heterocycles. The molecule has 3 amide bonds. The van der Waals surface area contributed by atoms with Gasteiger partial charge in [-0.25, -0.2) is 9.59 Å². The monoisotopic (exact) mass is 364 g/mol. The van der Waals surface area contributed by atoms with E-state index in [1.807, 2.05) is 0 Å². The standard InChI is InChI=1S/C19H32N4O3/c1-26-19(25)22-12-6-14(7-13-22)21-10-8-15(9-11-21)23-17-5-3-2-4-16(17)20-18(23)24/h14-17H,2-13H2,1H3,(H,20,24)/t16-,17-/m0/s1. The molecule has 4 fully saturated rings. The van der Waals surface area contributed by atoms with Gasteiger partial charge in [0.2, 0.25) is 0 Å². The predicted molar refractivity (Wildman–Crippen MR) is 98.0 cm³/mol. The second-order valence-corrected chi connectivity index (χ2v) is 8.27. The first kappa shape index (κ1) is 17.9. The van der Waals surface area contributed by atoms with Crippen LogP contribution in [0.5, 0.6) is 0 Å². The Balaban J connectivity index is 1.28. The lowest BCUT2D eigenvalue weighted by Gasteiger charge is -2.44. The molecular weight excluding hydrogens is 332 g/mol. The first-order valence-electron chi connectivity index (χ1n) is 10.3. The molecule has 26 heavy (non-hydrogen) atoms. The number of ether oxygens (including phenoxy) is 1. The van der Waals surface area contributed by atoms with Crippen LogP contribution in [0.25, 0.3) is 0 Å². The van der Waals surface area contributed by atoms with Crippen LogP contribution in [0.2, 0.25) is 0 Å². The normalized spacial score (nSPS) is 31.7. The SMILES string of the molecule is COC(=O)N1CCC(N2CCC(N3C(=O)N[C@H]4CCCC[C@@H]43)CC2)CC1. The Morgan fingerprint density at radius 2 is 1.62 bits per heavy atom. The summed E-state index contributed by atoms with van der Waals surface area (Å²) in [6.45, 7) is 3.70. The molecule has 0 spiro atoms. The van der Waals surface area contributed by atoms with Crippen molar-refractivity contribution in [2.75, 3.05) is 33.3 Å². The van der Waals surface area contributed by atoms with Gasteiger partial charge in [-0.3, -0.25) is 0 Å². The number of carbonyl (C=O) groups is 2.